The van der Waals surface area contributed by atoms with Crippen LogP contribution in [0.2, 0.25) is 0 Å². The number of hydrogen-bond acceptors (Lipinski definition) is 6. The summed E-state index contributed by atoms with van der Waals surface area (Å²) in [4.78, 5) is 38.2. The molecule has 28 heavy (non-hydrogen) atoms. The molecule has 2 amide bonds. The lowest BCUT2D eigenvalue weighted by atomic mass is 9.88. The Hall–Kier alpha value is -3.39. The molecule has 0 unspecified atom stereocenters. The molecule has 0 aromatic heterocycles. The summed E-state index contributed by atoms with van der Waals surface area (Å²) in [5.41, 5.74) is 4.01. The topological polar surface area (TPSA) is 119 Å². The molecule has 0 aliphatic carbocycles. The summed E-state index contributed by atoms with van der Waals surface area (Å²) in [7, 11) is 2.92. The van der Waals surface area contributed by atoms with Gasteiger partial charge in [0.2, 0.25) is 5.91 Å². The van der Waals surface area contributed by atoms with Crippen molar-refractivity contribution in [1.82, 2.24) is 0 Å². The smallest absolute Gasteiger partial charge is 0.264 e. The van der Waals surface area contributed by atoms with E-state index in [0.717, 1.165) is 4.90 Å². The molecule has 1 heterocycles. The maximum absolute atomic E-state index is 12.9. The van der Waals surface area contributed by atoms with Crippen LogP contribution in [-0.2, 0) is 15.2 Å². The summed E-state index contributed by atoms with van der Waals surface area (Å²) in [6, 6.07) is 11.0. The van der Waals surface area contributed by atoms with Gasteiger partial charge in [-0.3, -0.25) is 19.3 Å². The fourth-order valence-electron chi connectivity index (χ4n) is 3.33. The number of nitrogens with two attached hydrogens (primary N) is 1. The van der Waals surface area contributed by atoms with Gasteiger partial charge in [0.25, 0.3) is 5.91 Å². The first-order valence-electron chi connectivity index (χ1n) is 8.49. The first-order valence-corrected chi connectivity index (χ1v) is 8.49. The molecule has 3 N–H and O–H groups in total. The van der Waals surface area contributed by atoms with Crippen molar-refractivity contribution < 1.29 is 29.0 Å². The number of nitrogens with zero attached hydrogens (tertiary/aromatic N) is 1. The zero-order chi connectivity index (χ0) is 20.5. The zero-order valence-electron chi connectivity index (χ0n) is 15.5. The van der Waals surface area contributed by atoms with Gasteiger partial charge in [-0.2, -0.15) is 0 Å². The number of methoxy groups -OCH3 is 2. The third-order valence-electron chi connectivity index (χ3n) is 4.68. The van der Waals surface area contributed by atoms with E-state index in [2.05, 4.69) is 0 Å². The SMILES string of the molecule is COc1ccc(C(=O)C[C@]2(O)C(=O)N(CC(N)=O)c3ccccc32)cc1OC. The number of rotatable bonds is 7. The summed E-state index contributed by atoms with van der Waals surface area (Å²) in [6.07, 6.45) is -0.492. The predicted molar refractivity (Wildman–Crippen MR) is 100 cm³/mol. The van der Waals surface area contributed by atoms with Crippen LogP contribution >= 0.6 is 0 Å². The molecule has 0 radical (unpaired) electrons. The molecule has 8 heteroatoms. The van der Waals surface area contributed by atoms with E-state index < -0.39 is 29.6 Å². The van der Waals surface area contributed by atoms with Gasteiger partial charge in [-0.15, -0.1) is 0 Å². The first-order chi connectivity index (χ1) is 13.3. The van der Waals surface area contributed by atoms with Crippen LogP contribution in [0.3, 0.4) is 0 Å². The van der Waals surface area contributed by atoms with E-state index in [4.69, 9.17) is 15.2 Å². The Morgan fingerprint density at radius 1 is 1.11 bits per heavy atom. The van der Waals surface area contributed by atoms with Crippen LogP contribution in [0.4, 0.5) is 5.69 Å². The van der Waals surface area contributed by atoms with Gasteiger partial charge in [-0.1, -0.05) is 18.2 Å². The predicted octanol–water partition coefficient (Wildman–Crippen LogP) is 0.996. The summed E-state index contributed by atoms with van der Waals surface area (Å²) < 4.78 is 10.3. The molecule has 0 fully saturated rings. The minimum atomic E-state index is -2.09. The van der Waals surface area contributed by atoms with E-state index in [9.17, 15) is 19.5 Å². The second-order valence-corrected chi connectivity index (χ2v) is 6.40. The summed E-state index contributed by atoms with van der Waals surface area (Å²) in [5, 5.41) is 11.1. The van der Waals surface area contributed by atoms with Crippen LogP contribution in [-0.4, -0.2) is 43.5 Å². The molecule has 146 valence electrons. The van der Waals surface area contributed by atoms with Crippen molar-refractivity contribution in [3.8, 4) is 11.5 Å². The molecule has 2 aromatic carbocycles. The Kier molecular flexibility index (Phi) is 5.06. The van der Waals surface area contributed by atoms with E-state index in [1.807, 2.05) is 0 Å². The van der Waals surface area contributed by atoms with Gasteiger partial charge >= 0.3 is 0 Å². The molecular weight excluding hydrogens is 364 g/mol. The Morgan fingerprint density at radius 3 is 2.43 bits per heavy atom. The maximum atomic E-state index is 12.9. The summed E-state index contributed by atoms with van der Waals surface area (Å²) in [6.45, 7) is -0.386. The van der Waals surface area contributed by atoms with E-state index >= 15 is 0 Å². The van der Waals surface area contributed by atoms with Crippen LogP contribution in [0, 0.1) is 0 Å². The molecule has 1 atom stereocenters. The van der Waals surface area contributed by atoms with Gasteiger partial charge in [0, 0.05) is 11.1 Å². The number of hydrogen-bond donors (Lipinski definition) is 2. The average molecular weight is 384 g/mol. The molecule has 0 spiro atoms. The summed E-state index contributed by atoms with van der Waals surface area (Å²) >= 11 is 0. The summed E-state index contributed by atoms with van der Waals surface area (Å²) in [5.74, 6) is -1.14. The van der Waals surface area contributed by atoms with Gasteiger partial charge in [0.1, 0.15) is 6.54 Å². The minimum Gasteiger partial charge on any atom is -0.493 e. The zero-order valence-corrected chi connectivity index (χ0v) is 15.5. The monoisotopic (exact) mass is 384 g/mol. The van der Waals surface area contributed by atoms with Gasteiger partial charge in [0.15, 0.2) is 22.9 Å². The second-order valence-electron chi connectivity index (χ2n) is 6.40. The Morgan fingerprint density at radius 2 is 1.79 bits per heavy atom. The van der Waals surface area contributed by atoms with Crippen molar-refractivity contribution in [2.75, 3.05) is 25.7 Å². The number of ketones is 1. The third-order valence-corrected chi connectivity index (χ3v) is 4.68. The number of fused-ring (bicyclic) bond motifs is 1. The molecule has 0 saturated heterocycles. The number of amides is 2. The molecule has 8 nitrogen and oxygen atoms in total. The Bertz CT molecular complexity index is 957. The second kappa shape index (κ2) is 7.32. The van der Waals surface area contributed by atoms with Crippen LogP contribution in [0.15, 0.2) is 42.5 Å². The Balaban J connectivity index is 1.96. The first kappa shape index (κ1) is 19.4. The highest BCUT2D eigenvalue weighted by Crippen LogP contribution is 2.43. The number of Topliss-reactive ketones (excluding diaryl/α,β-unsaturated/α-hetero) is 1. The number of para-hydroxylation sites is 1. The van der Waals surface area contributed by atoms with E-state index in [1.54, 1.807) is 30.3 Å². The van der Waals surface area contributed by atoms with Gasteiger partial charge < -0.3 is 20.3 Å². The molecule has 1 aliphatic heterocycles. The maximum Gasteiger partial charge on any atom is 0.264 e. The van der Waals surface area contributed by atoms with E-state index in [1.165, 1.54) is 26.4 Å². The quantitative estimate of drug-likeness (QED) is 0.687. The van der Waals surface area contributed by atoms with Gasteiger partial charge in [-0.25, -0.2) is 0 Å². The van der Waals surface area contributed by atoms with E-state index in [0.29, 0.717) is 17.2 Å². The average Bonchev–Trinajstić information content (AvgIpc) is 2.89. The number of anilines is 1. The minimum absolute atomic E-state index is 0.254. The van der Waals surface area contributed by atoms with Crippen LogP contribution in [0.1, 0.15) is 22.3 Å². The Labute approximate surface area is 161 Å². The highest BCUT2D eigenvalue weighted by atomic mass is 16.5. The lowest BCUT2D eigenvalue weighted by Gasteiger charge is -2.22. The third kappa shape index (κ3) is 3.18. The lowest BCUT2D eigenvalue weighted by molar-refractivity contribution is -0.136. The number of carbonyl (C=O) groups excluding carboxylic acids is 3. The number of benzene rings is 2. The fourth-order valence-corrected chi connectivity index (χ4v) is 3.33. The van der Waals surface area contributed by atoms with Crippen LogP contribution < -0.4 is 20.1 Å². The van der Waals surface area contributed by atoms with Crippen molar-refractivity contribution in [1.29, 1.82) is 0 Å². The molecular formula is C20H20N2O6. The van der Waals surface area contributed by atoms with Crippen molar-refractivity contribution >= 4 is 23.3 Å². The normalized spacial score (nSPS) is 18.0. The molecule has 0 bridgehead atoms. The highest BCUT2D eigenvalue weighted by Gasteiger charge is 2.51. The highest BCUT2D eigenvalue weighted by molar-refractivity contribution is 6.12. The number of aliphatic hydroxyl groups is 1. The fraction of sp³-hybridized carbons (Fsp3) is 0.250. The van der Waals surface area contributed by atoms with Crippen molar-refractivity contribution in [3.05, 3.63) is 53.6 Å². The van der Waals surface area contributed by atoms with Crippen LogP contribution in [0.25, 0.3) is 0 Å². The number of carbonyl (C=O) groups is 3. The largest absolute Gasteiger partial charge is 0.493 e. The molecule has 1 aliphatic rings. The molecule has 2 aromatic rings. The standard InChI is InChI=1S/C20H20N2O6/c1-27-16-8-7-12(9-17(16)28-2)15(23)10-20(26)13-5-3-4-6-14(13)22(19(20)25)11-18(21)24/h3-9,26H,10-11H2,1-2H3,(H2,21,24)/t20-/m1/s1. The van der Waals surface area contributed by atoms with Crippen LogP contribution in [0.5, 0.6) is 11.5 Å². The van der Waals surface area contributed by atoms with E-state index in [-0.39, 0.29) is 17.7 Å². The lowest BCUT2D eigenvalue weighted by Crippen LogP contribution is -2.44. The number of ether oxygens (including phenoxy) is 2. The van der Waals surface area contributed by atoms with Crippen molar-refractivity contribution in [2.24, 2.45) is 5.73 Å². The molecule has 3 rings (SSSR count). The van der Waals surface area contributed by atoms with Crippen molar-refractivity contribution in [2.45, 2.75) is 12.0 Å². The number of primary amides is 1. The van der Waals surface area contributed by atoms with Gasteiger partial charge in [-0.05, 0) is 24.3 Å². The van der Waals surface area contributed by atoms with Crippen molar-refractivity contribution in [3.63, 3.8) is 0 Å². The molecule has 0 saturated carbocycles. The van der Waals surface area contributed by atoms with Gasteiger partial charge in [0.05, 0.1) is 26.3 Å².